The zero-order chi connectivity index (χ0) is 11.7. The molecule has 1 N–H and O–H groups in total. The van der Waals surface area contributed by atoms with Crippen LogP contribution in [0.25, 0.3) is 0 Å². The quantitative estimate of drug-likeness (QED) is 0.809. The summed E-state index contributed by atoms with van der Waals surface area (Å²) < 4.78 is 0. The molecule has 2 saturated carbocycles. The number of carbonyl (C=O) groups is 1. The zero-order valence-corrected chi connectivity index (χ0v) is 10.7. The monoisotopic (exact) mass is 236 g/mol. The average molecular weight is 236 g/mol. The number of likely N-dealkylation sites (tertiary alicyclic amines) is 1. The smallest absolute Gasteiger partial charge is 0.224 e. The molecule has 0 radical (unpaired) electrons. The van der Waals surface area contributed by atoms with Gasteiger partial charge < -0.3 is 10.2 Å². The van der Waals surface area contributed by atoms with Gasteiger partial charge >= 0.3 is 0 Å². The average Bonchev–Trinajstić information content (AvgIpc) is 3.07. The van der Waals surface area contributed by atoms with Gasteiger partial charge in [0.25, 0.3) is 0 Å². The fourth-order valence-corrected chi connectivity index (χ4v) is 3.53. The molecule has 3 fully saturated rings. The van der Waals surface area contributed by atoms with Crippen LogP contribution in [0.5, 0.6) is 0 Å². The molecule has 1 heterocycles. The van der Waals surface area contributed by atoms with Gasteiger partial charge in [0.1, 0.15) is 0 Å². The van der Waals surface area contributed by atoms with Crippen molar-refractivity contribution >= 4 is 5.91 Å². The van der Waals surface area contributed by atoms with Gasteiger partial charge in [-0.2, -0.15) is 0 Å². The van der Waals surface area contributed by atoms with Crippen LogP contribution in [0.3, 0.4) is 0 Å². The minimum Gasteiger partial charge on any atom is -0.339 e. The molecule has 1 amide bonds. The number of fused-ring (bicyclic) bond motifs is 1. The fourth-order valence-electron chi connectivity index (χ4n) is 3.53. The number of nitrogens with one attached hydrogen (secondary N) is 1. The van der Waals surface area contributed by atoms with Gasteiger partial charge in [0.15, 0.2) is 0 Å². The van der Waals surface area contributed by atoms with Crippen LogP contribution in [0, 0.1) is 5.92 Å². The summed E-state index contributed by atoms with van der Waals surface area (Å²) in [6, 6.07) is 1.32. The Morgan fingerprint density at radius 2 is 1.94 bits per heavy atom. The molecule has 0 bridgehead atoms. The minimum atomic E-state index is 0.396. The Bertz CT molecular complexity index is 288. The van der Waals surface area contributed by atoms with Gasteiger partial charge in [0, 0.05) is 31.6 Å². The predicted molar refractivity (Wildman–Crippen MR) is 67.7 cm³/mol. The molecule has 3 aliphatic rings. The molecule has 96 valence electrons. The highest BCUT2D eigenvalue weighted by Crippen LogP contribution is 2.36. The summed E-state index contributed by atoms with van der Waals surface area (Å²) >= 11 is 0. The Kier molecular flexibility index (Phi) is 3.37. The SMILES string of the molecule is O=C(CCNC1CC1)N1CCC2CCCCC21. The standard InChI is InChI=1S/C14H24N2O/c17-14(7-9-15-12-5-6-12)16-10-8-11-3-1-2-4-13(11)16/h11-13,15H,1-10H2. The first-order valence-corrected chi connectivity index (χ1v) is 7.37. The van der Waals surface area contributed by atoms with Gasteiger partial charge in [-0.05, 0) is 38.0 Å². The highest BCUT2D eigenvalue weighted by atomic mass is 16.2. The van der Waals surface area contributed by atoms with E-state index in [1.54, 1.807) is 0 Å². The second-order valence-corrected chi connectivity index (χ2v) is 5.97. The van der Waals surface area contributed by atoms with Gasteiger partial charge in [-0.15, -0.1) is 0 Å². The van der Waals surface area contributed by atoms with E-state index in [1.807, 2.05) is 0 Å². The van der Waals surface area contributed by atoms with Crippen molar-refractivity contribution in [2.45, 2.75) is 63.5 Å². The Balaban J connectivity index is 1.47. The van der Waals surface area contributed by atoms with Crippen molar-refractivity contribution in [3.05, 3.63) is 0 Å². The zero-order valence-electron chi connectivity index (χ0n) is 10.7. The van der Waals surface area contributed by atoms with Crippen LogP contribution in [-0.2, 0) is 4.79 Å². The molecule has 2 unspecified atom stereocenters. The topological polar surface area (TPSA) is 32.3 Å². The number of hydrogen-bond acceptors (Lipinski definition) is 2. The third-order valence-corrected chi connectivity index (χ3v) is 4.68. The highest BCUT2D eigenvalue weighted by molar-refractivity contribution is 5.77. The summed E-state index contributed by atoms with van der Waals surface area (Å²) in [5.74, 6) is 1.22. The van der Waals surface area contributed by atoms with Crippen molar-refractivity contribution in [2.24, 2.45) is 5.92 Å². The van der Waals surface area contributed by atoms with E-state index in [1.165, 1.54) is 44.9 Å². The molecule has 0 aromatic rings. The van der Waals surface area contributed by atoms with Crippen molar-refractivity contribution < 1.29 is 4.79 Å². The first-order chi connectivity index (χ1) is 8.34. The minimum absolute atomic E-state index is 0.396. The maximum atomic E-state index is 12.2. The highest BCUT2D eigenvalue weighted by Gasteiger charge is 2.37. The van der Waals surface area contributed by atoms with E-state index in [0.717, 1.165) is 25.0 Å². The lowest BCUT2D eigenvalue weighted by Crippen LogP contribution is -2.40. The molecule has 17 heavy (non-hydrogen) atoms. The summed E-state index contributed by atoms with van der Waals surface area (Å²) in [7, 11) is 0. The Labute approximate surface area is 104 Å². The summed E-state index contributed by atoms with van der Waals surface area (Å²) in [6.07, 6.45) is 9.90. The number of rotatable bonds is 4. The summed E-state index contributed by atoms with van der Waals surface area (Å²) in [5, 5.41) is 3.44. The van der Waals surface area contributed by atoms with E-state index < -0.39 is 0 Å². The molecule has 0 aromatic heterocycles. The third-order valence-electron chi connectivity index (χ3n) is 4.68. The van der Waals surface area contributed by atoms with Crippen LogP contribution < -0.4 is 5.32 Å². The summed E-state index contributed by atoms with van der Waals surface area (Å²) in [6.45, 7) is 1.91. The van der Waals surface area contributed by atoms with E-state index in [0.29, 0.717) is 18.4 Å². The first-order valence-electron chi connectivity index (χ1n) is 7.37. The molecule has 2 aliphatic carbocycles. The Hall–Kier alpha value is -0.570. The van der Waals surface area contributed by atoms with Crippen molar-refractivity contribution in [1.29, 1.82) is 0 Å². The number of carbonyl (C=O) groups excluding carboxylic acids is 1. The van der Waals surface area contributed by atoms with Crippen LogP contribution in [0.1, 0.15) is 51.4 Å². The van der Waals surface area contributed by atoms with Crippen molar-refractivity contribution in [3.63, 3.8) is 0 Å². The van der Waals surface area contributed by atoms with Crippen LogP contribution in [0.4, 0.5) is 0 Å². The van der Waals surface area contributed by atoms with Crippen LogP contribution in [0.2, 0.25) is 0 Å². The molecule has 3 rings (SSSR count). The van der Waals surface area contributed by atoms with Gasteiger partial charge in [-0.1, -0.05) is 12.8 Å². The fraction of sp³-hybridized carbons (Fsp3) is 0.929. The number of nitrogens with zero attached hydrogens (tertiary/aromatic N) is 1. The van der Waals surface area contributed by atoms with E-state index in [9.17, 15) is 4.79 Å². The number of amides is 1. The molecule has 2 atom stereocenters. The molecule has 1 aliphatic heterocycles. The third kappa shape index (κ3) is 2.65. The molecule has 1 saturated heterocycles. The van der Waals surface area contributed by atoms with E-state index in [2.05, 4.69) is 10.2 Å². The second kappa shape index (κ2) is 4.97. The maximum absolute atomic E-state index is 12.2. The van der Waals surface area contributed by atoms with Crippen LogP contribution in [0.15, 0.2) is 0 Å². The summed E-state index contributed by atoms with van der Waals surface area (Å²) in [4.78, 5) is 14.4. The maximum Gasteiger partial charge on any atom is 0.224 e. The first kappa shape index (κ1) is 11.5. The lowest BCUT2D eigenvalue weighted by Gasteiger charge is -2.31. The summed E-state index contributed by atoms with van der Waals surface area (Å²) in [5.41, 5.74) is 0. The lowest BCUT2D eigenvalue weighted by atomic mass is 9.85. The van der Waals surface area contributed by atoms with Crippen molar-refractivity contribution in [2.75, 3.05) is 13.1 Å². The van der Waals surface area contributed by atoms with Crippen molar-refractivity contribution in [1.82, 2.24) is 10.2 Å². The Morgan fingerprint density at radius 3 is 2.76 bits per heavy atom. The molecule has 3 heteroatoms. The van der Waals surface area contributed by atoms with Crippen LogP contribution >= 0.6 is 0 Å². The largest absolute Gasteiger partial charge is 0.339 e. The number of hydrogen-bond donors (Lipinski definition) is 1. The second-order valence-electron chi connectivity index (χ2n) is 5.97. The molecular weight excluding hydrogens is 212 g/mol. The van der Waals surface area contributed by atoms with Gasteiger partial charge in [0.2, 0.25) is 5.91 Å². The normalized spacial score (nSPS) is 32.6. The van der Waals surface area contributed by atoms with E-state index in [-0.39, 0.29) is 0 Å². The molecule has 0 spiro atoms. The van der Waals surface area contributed by atoms with Crippen LogP contribution in [-0.4, -0.2) is 36.0 Å². The van der Waals surface area contributed by atoms with E-state index >= 15 is 0 Å². The molecular formula is C14H24N2O. The van der Waals surface area contributed by atoms with Gasteiger partial charge in [-0.3, -0.25) is 4.79 Å². The van der Waals surface area contributed by atoms with Gasteiger partial charge in [0.05, 0.1) is 0 Å². The van der Waals surface area contributed by atoms with Gasteiger partial charge in [-0.25, -0.2) is 0 Å². The Morgan fingerprint density at radius 1 is 1.12 bits per heavy atom. The van der Waals surface area contributed by atoms with Crippen molar-refractivity contribution in [3.8, 4) is 0 Å². The molecule has 3 nitrogen and oxygen atoms in total. The molecule has 0 aromatic carbocycles. The predicted octanol–water partition coefficient (Wildman–Crippen LogP) is 1.92. The van der Waals surface area contributed by atoms with E-state index in [4.69, 9.17) is 0 Å². The lowest BCUT2D eigenvalue weighted by molar-refractivity contribution is -0.132.